The molecule has 2 aromatic carbocycles. The van der Waals surface area contributed by atoms with Gasteiger partial charge in [-0.3, -0.25) is 0 Å². The predicted octanol–water partition coefficient (Wildman–Crippen LogP) is 4.50. The fourth-order valence-electron chi connectivity index (χ4n) is 4.00. The highest BCUT2D eigenvalue weighted by molar-refractivity contribution is 6.03. The number of aromatic nitrogens is 2. The van der Waals surface area contributed by atoms with Crippen molar-refractivity contribution in [1.29, 1.82) is 0 Å². The second kappa shape index (κ2) is 7.80. The largest absolute Gasteiger partial charge is 0.396 e. The second-order valence-corrected chi connectivity index (χ2v) is 7.00. The second-order valence-electron chi connectivity index (χ2n) is 7.00. The van der Waals surface area contributed by atoms with Crippen LogP contribution in [-0.4, -0.2) is 22.3 Å². The molecule has 0 saturated heterocycles. The molecular weight excluding hydrogens is 348 g/mol. The Hall–Kier alpha value is -3.21. The van der Waals surface area contributed by atoms with E-state index in [4.69, 9.17) is 10.6 Å². The summed E-state index contributed by atoms with van der Waals surface area (Å²) in [6.07, 6.45) is 1.59. The van der Waals surface area contributed by atoms with Gasteiger partial charge in [-0.05, 0) is 42.9 Å². The van der Waals surface area contributed by atoms with Crippen LogP contribution in [0.3, 0.4) is 0 Å². The lowest BCUT2D eigenvalue weighted by atomic mass is 9.78. The van der Waals surface area contributed by atoms with Gasteiger partial charge >= 0.3 is 0 Å². The van der Waals surface area contributed by atoms with Gasteiger partial charge < -0.3 is 10.6 Å². The number of rotatable bonds is 4. The van der Waals surface area contributed by atoms with Crippen molar-refractivity contribution < 1.29 is 4.84 Å². The Labute approximate surface area is 165 Å². The van der Waals surface area contributed by atoms with E-state index in [1.54, 1.807) is 0 Å². The first-order chi connectivity index (χ1) is 13.7. The maximum Gasteiger partial charge on any atom is 0.220 e. The summed E-state index contributed by atoms with van der Waals surface area (Å²) >= 11 is 0. The number of nitrogens with zero attached hydrogens (tertiary/aromatic N) is 3. The van der Waals surface area contributed by atoms with E-state index in [-0.39, 0.29) is 5.92 Å². The summed E-state index contributed by atoms with van der Waals surface area (Å²) in [5.41, 5.74) is 13.4. The topological polar surface area (TPSA) is 73.4 Å². The lowest BCUT2D eigenvalue weighted by molar-refractivity contribution is 0.158. The van der Waals surface area contributed by atoms with E-state index in [1.807, 2.05) is 19.9 Å². The minimum Gasteiger partial charge on any atom is -0.396 e. The number of aryl methyl sites for hydroxylation is 1. The van der Waals surface area contributed by atoms with Gasteiger partial charge in [0, 0.05) is 12.0 Å². The fraction of sp³-hybridized carbons (Fsp3) is 0.261. The summed E-state index contributed by atoms with van der Waals surface area (Å²) in [7, 11) is 0. The Kier molecular flexibility index (Phi) is 5.06. The molecular formula is C23H24N4O. The number of hydrogen-bond donors (Lipinski definition) is 1. The standard InChI is InChI=1S/C23H24N4O/c1-3-28-27-21-14-17(13-20-22(21)15(2)25-23(24)26-20)19-12-8-7-11-18(19)16-9-5-4-6-10-16/h4-12,17H,3,13-14H2,1-2H3,(H2,24,25,26). The molecule has 0 bridgehead atoms. The lowest BCUT2D eigenvalue weighted by Crippen LogP contribution is -2.24. The summed E-state index contributed by atoms with van der Waals surface area (Å²) in [5, 5.41) is 4.41. The first-order valence-corrected chi connectivity index (χ1v) is 9.64. The van der Waals surface area contributed by atoms with Crippen LogP contribution in [0.1, 0.15) is 41.8 Å². The third-order valence-electron chi connectivity index (χ3n) is 5.14. The summed E-state index contributed by atoms with van der Waals surface area (Å²) in [4.78, 5) is 14.3. The van der Waals surface area contributed by atoms with E-state index in [9.17, 15) is 0 Å². The number of oxime groups is 1. The van der Waals surface area contributed by atoms with Gasteiger partial charge in [-0.25, -0.2) is 9.97 Å². The van der Waals surface area contributed by atoms with E-state index >= 15 is 0 Å². The zero-order valence-corrected chi connectivity index (χ0v) is 16.2. The highest BCUT2D eigenvalue weighted by Gasteiger charge is 2.30. The van der Waals surface area contributed by atoms with Gasteiger partial charge in [0.2, 0.25) is 5.95 Å². The monoisotopic (exact) mass is 372 g/mol. The van der Waals surface area contributed by atoms with Crippen LogP contribution >= 0.6 is 0 Å². The van der Waals surface area contributed by atoms with E-state index < -0.39 is 0 Å². The average molecular weight is 372 g/mol. The third-order valence-corrected chi connectivity index (χ3v) is 5.14. The van der Waals surface area contributed by atoms with Crippen LogP contribution in [0.2, 0.25) is 0 Å². The molecule has 1 unspecified atom stereocenters. The van der Waals surface area contributed by atoms with Gasteiger partial charge in [0.25, 0.3) is 0 Å². The first kappa shape index (κ1) is 18.2. The van der Waals surface area contributed by atoms with Crippen LogP contribution in [-0.2, 0) is 11.3 Å². The van der Waals surface area contributed by atoms with Gasteiger partial charge in [-0.1, -0.05) is 59.8 Å². The van der Waals surface area contributed by atoms with Crippen molar-refractivity contribution in [3.05, 3.63) is 77.1 Å². The van der Waals surface area contributed by atoms with Crippen molar-refractivity contribution in [2.24, 2.45) is 5.16 Å². The van der Waals surface area contributed by atoms with Gasteiger partial charge in [0.15, 0.2) is 0 Å². The Morgan fingerprint density at radius 1 is 1.04 bits per heavy atom. The Morgan fingerprint density at radius 3 is 2.57 bits per heavy atom. The summed E-state index contributed by atoms with van der Waals surface area (Å²) < 4.78 is 0. The molecule has 0 spiro atoms. The van der Waals surface area contributed by atoms with Crippen LogP contribution < -0.4 is 5.73 Å². The van der Waals surface area contributed by atoms with Crippen LogP contribution in [0.15, 0.2) is 59.8 Å². The minimum absolute atomic E-state index is 0.247. The molecule has 1 atom stereocenters. The van der Waals surface area contributed by atoms with Crippen molar-refractivity contribution in [3.8, 4) is 11.1 Å². The van der Waals surface area contributed by atoms with Crippen molar-refractivity contribution in [3.63, 3.8) is 0 Å². The van der Waals surface area contributed by atoms with Crippen molar-refractivity contribution >= 4 is 11.7 Å². The highest BCUT2D eigenvalue weighted by Crippen LogP contribution is 2.38. The maximum atomic E-state index is 5.94. The van der Waals surface area contributed by atoms with Crippen LogP contribution in [0.25, 0.3) is 11.1 Å². The number of hydrogen-bond acceptors (Lipinski definition) is 5. The maximum absolute atomic E-state index is 5.94. The molecule has 5 nitrogen and oxygen atoms in total. The van der Waals surface area contributed by atoms with Crippen molar-refractivity contribution in [2.75, 3.05) is 12.3 Å². The molecule has 3 aromatic rings. The lowest BCUT2D eigenvalue weighted by Gasteiger charge is -2.28. The molecule has 5 heteroatoms. The summed E-state index contributed by atoms with van der Waals surface area (Å²) in [6.45, 7) is 4.41. The molecule has 0 amide bonds. The fourth-order valence-corrected chi connectivity index (χ4v) is 4.00. The van der Waals surface area contributed by atoms with E-state index in [0.717, 1.165) is 35.5 Å². The molecule has 4 rings (SSSR count). The van der Waals surface area contributed by atoms with Gasteiger partial charge in [-0.15, -0.1) is 0 Å². The van der Waals surface area contributed by atoms with Gasteiger partial charge in [0.1, 0.15) is 6.61 Å². The highest BCUT2D eigenvalue weighted by atomic mass is 16.6. The molecule has 142 valence electrons. The molecule has 0 saturated carbocycles. The zero-order valence-electron chi connectivity index (χ0n) is 16.2. The third kappa shape index (κ3) is 3.48. The van der Waals surface area contributed by atoms with Crippen LogP contribution in [0.4, 0.5) is 5.95 Å². The smallest absolute Gasteiger partial charge is 0.220 e. The number of benzene rings is 2. The van der Waals surface area contributed by atoms with E-state index in [1.165, 1.54) is 16.7 Å². The number of nitrogen functional groups attached to an aromatic ring is 1. The van der Waals surface area contributed by atoms with Crippen LogP contribution in [0, 0.1) is 6.92 Å². The van der Waals surface area contributed by atoms with Gasteiger partial charge in [-0.2, -0.15) is 0 Å². The van der Waals surface area contributed by atoms with E-state index in [2.05, 4.69) is 63.7 Å². The Morgan fingerprint density at radius 2 is 1.79 bits per heavy atom. The molecule has 0 fully saturated rings. The number of fused-ring (bicyclic) bond motifs is 1. The Bertz CT molecular complexity index is 1010. The molecule has 1 aliphatic rings. The summed E-state index contributed by atoms with van der Waals surface area (Å²) in [5.74, 6) is 0.556. The van der Waals surface area contributed by atoms with Crippen LogP contribution in [0.5, 0.6) is 0 Å². The SMILES string of the molecule is CCON=C1CC(c2ccccc2-c2ccccc2)Cc2nc(N)nc(C)c21. The molecule has 0 radical (unpaired) electrons. The number of anilines is 1. The predicted molar refractivity (Wildman–Crippen MR) is 112 cm³/mol. The van der Waals surface area contributed by atoms with E-state index in [0.29, 0.717) is 12.6 Å². The molecule has 1 heterocycles. The quantitative estimate of drug-likeness (QED) is 0.684. The Balaban J connectivity index is 1.81. The normalized spacial score (nSPS) is 17.4. The zero-order chi connectivity index (χ0) is 19.5. The van der Waals surface area contributed by atoms with Crippen molar-refractivity contribution in [2.45, 2.75) is 32.6 Å². The molecule has 1 aliphatic carbocycles. The van der Waals surface area contributed by atoms with Gasteiger partial charge in [0.05, 0.1) is 17.1 Å². The average Bonchev–Trinajstić information content (AvgIpc) is 2.72. The number of nitrogens with two attached hydrogens (primary N) is 1. The summed E-state index contributed by atoms with van der Waals surface area (Å²) in [6, 6.07) is 19.0. The molecule has 2 N–H and O–H groups in total. The minimum atomic E-state index is 0.247. The molecule has 1 aromatic heterocycles. The molecule has 28 heavy (non-hydrogen) atoms. The first-order valence-electron chi connectivity index (χ1n) is 9.64. The van der Waals surface area contributed by atoms with Crippen molar-refractivity contribution in [1.82, 2.24) is 9.97 Å². The molecule has 0 aliphatic heterocycles.